The van der Waals surface area contributed by atoms with Crippen molar-refractivity contribution in [1.82, 2.24) is 10.9 Å². The van der Waals surface area contributed by atoms with E-state index in [1.807, 2.05) is 68.4 Å². The lowest BCUT2D eigenvalue weighted by atomic mass is 10.0. The van der Waals surface area contributed by atoms with Gasteiger partial charge in [0.2, 0.25) is 0 Å². The third kappa shape index (κ3) is 5.21. The Morgan fingerprint density at radius 1 is 0.963 bits per heavy atom. The molecule has 140 valence electrons. The van der Waals surface area contributed by atoms with Gasteiger partial charge in [-0.3, -0.25) is 10.2 Å². The van der Waals surface area contributed by atoms with Gasteiger partial charge in [-0.1, -0.05) is 48.5 Å². The third-order valence-electron chi connectivity index (χ3n) is 3.97. The van der Waals surface area contributed by atoms with Crippen LogP contribution in [0.15, 0.2) is 66.7 Å². The summed E-state index contributed by atoms with van der Waals surface area (Å²) in [6, 6.07) is 21.4. The van der Waals surface area contributed by atoms with E-state index < -0.39 is 0 Å². The van der Waals surface area contributed by atoms with Crippen molar-refractivity contribution in [2.45, 2.75) is 26.5 Å². The van der Waals surface area contributed by atoms with Gasteiger partial charge in [0.1, 0.15) is 11.5 Å². The number of hydrogen-bond acceptors (Lipinski definition) is 4. The second-order valence-corrected chi connectivity index (χ2v) is 6.43. The summed E-state index contributed by atoms with van der Waals surface area (Å²) in [4.78, 5) is 12.0. The van der Waals surface area contributed by atoms with Gasteiger partial charge in [-0.05, 0) is 42.8 Å². The van der Waals surface area contributed by atoms with E-state index in [4.69, 9.17) is 9.47 Å². The van der Waals surface area contributed by atoms with E-state index in [1.165, 1.54) is 0 Å². The van der Waals surface area contributed by atoms with Gasteiger partial charge in [-0.15, -0.1) is 0 Å². The van der Waals surface area contributed by atoms with Crippen LogP contribution in [0.5, 0.6) is 11.5 Å². The quantitative estimate of drug-likeness (QED) is 0.597. The number of rotatable bonds is 8. The molecule has 0 aliphatic carbocycles. The molecule has 2 N–H and O–H groups in total. The van der Waals surface area contributed by atoms with Gasteiger partial charge in [0.05, 0.1) is 6.10 Å². The van der Waals surface area contributed by atoms with Crippen LogP contribution in [0.4, 0.5) is 0 Å². The minimum Gasteiger partial charge on any atom is -0.491 e. The maximum Gasteiger partial charge on any atom is 0.271 e. The van der Waals surface area contributed by atoms with E-state index in [9.17, 15) is 4.79 Å². The van der Waals surface area contributed by atoms with Gasteiger partial charge in [0.25, 0.3) is 5.91 Å². The number of para-hydroxylation sites is 1. The Morgan fingerprint density at radius 3 is 2.48 bits per heavy atom. The van der Waals surface area contributed by atoms with Crippen LogP contribution in [0.2, 0.25) is 0 Å². The number of benzene rings is 3. The van der Waals surface area contributed by atoms with E-state index >= 15 is 0 Å². The van der Waals surface area contributed by atoms with Gasteiger partial charge in [-0.2, -0.15) is 0 Å². The molecule has 27 heavy (non-hydrogen) atoms. The Morgan fingerprint density at radius 2 is 1.70 bits per heavy atom. The first kappa shape index (κ1) is 18.7. The Bertz CT molecular complexity index is 894. The van der Waals surface area contributed by atoms with Crippen LogP contribution in [0.3, 0.4) is 0 Å². The molecule has 0 heterocycles. The standard InChI is InChI=1S/C22H24N2O3/c1-16(2)27-21-13-12-17-8-6-7-11-19(17)20(21)14-23-24-22(25)15-26-18-9-4-3-5-10-18/h3-13,16,23H,14-15H2,1-2H3,(H,24,25). The lowest BCUT2D eigenvalue weighted by Gasteiger charge is -2.17. The number of amides is 1. The summed E-state index contributed by atoms with van der Waals surface area (Å²) in [6.45, 7) is 4.38. The number of ether oxygens (including phenoxy) is 2. The minimum absolute atomic E-state index is 0.0537. The number of fused-ring (bicyclic) bond motifs is 1. The van der Waals surface area contributed by atoms with Crippen molar-refractivity contribution in [3.05, 3.63) is 72.3 Å². The van der Waals surface area contributed by atoms with Gasteiger partial charge in [-0.25, -0.2) is 5.43 Å². The number of nitrogens with one attached hydrogen (secondary N) is 2. The van der Waals surface area contributed by atoms with Crippen LogP contribution in [-0.2, 0) is 11.3 Å². The normalized spacial score (nSPS) is 10.8. The average Bonchev–Trinajstić information content (AvgIpc) is 2.68. The van der Waals surface area contributed by atoms with E-state index in [1.54, 1.807) is 0 Å². The molecule has 0 unspecified atom stereocenters. The fourth-order valence-electron chi connectivity index (χ4n) is 2.80. The van der Waals surface area contributed by atoms with Gasteiger partial charge < -0.3 is 9.47 Å². The number of hydrazine groups is 1. The molecule has 0 aliphatic heterocycles. The van der Waals surface area contributed by atoms with E-state index in [0.29, 0.717) is 12.3 Å². The largest absolute Gasteiger partial charge is 0.491 e. The number of carbonyl (C=O) groups excluding carboxylic acids is 1. The highest BCUT2D eigenvalue weighted by Crippen LogP contribution is 2.28. The van der Waals surface area contributed by atoms with Crippen LogP contribution >= 0.6 is 0 Å². The topological polar surface area (TPSA) is 59.6 Å². The van der Waals surface area contributed by atoms with E-state index in [2.05, 4.69) is 23.0 Å². The molecule has 0 aliphatic rings. The monoisotopic (exact) mass is 364 g/mol. The summed E-state index contributed by atoms with van der Waals surface area (Å²) in [5, 5.41) is 2.22. The Hall–Kier alpha value is -3.05. The molecular formula is C22H24N2O3. The van der Waals surface area contributed by atoms with Crippen molar-refractivity contribution in [2.75, 3.05) is 6.61 Å². The lowest BCUT2D eigenvalue weighted by Crippen LogP contribution is -2.39. The molecule has 0 fully saturated rings. The molecular weight excluding hydrogens is 340 g/mol. The molecule has 3 aromatic carbocycles. The molecule has 0 saturated heterocycles. The third-order valence-corrected chi connectivity index (χ3v) is 3.97. The van der Waals surface area contributed by atoms with Crippen LogP contribution in [0.25, 0.3) is 10.8 Å². The summed E-state index contributed by atoms with van der Waals surface area (Å²) in [5.74, 6) is 1.23. The Labute approximate surface area is 159 Å². The van der Waals surface area contributed by atoms with Crippen LogP contribution in [0.1, 0.15) is 19.4 Å². The molecule has 0 bridgehead atoms. The average molecular weight is 364 g/mol. The predicted molar refractivity (Wildman–Crippen MR) is 107 cm³/mol. The van der Waals surface area contributed by atoms with Crippen molar-refractivity contribution in [1.29, 1.82) is 0 Å². The zero-order chi connectivity index (χ0) is 19.1. The smallest absolute Gasteiger partial charge is 0.271 e. The minimum atomic E-state index is -0.245. The molecule has 5 nitrogen and oxygen atoms in total. The first-order valence-corrected chi connectivity index (χ1v) is 9.00. The first-order valence-electron chi connectivity index (χ1n) is 9.00. The van der Waals surface area contributed by atoms with Crippen molar-refractivity contribution in [3.63, 3.8) is 0 Å². The fraction of sp³-hybridized carbons (Fsp3) is 0.227. The molecule has 1 amide bonds. The van der Waals surface area contributed by atoms with E-state index in [0.717, 1.165) is 22.1 Å². The summed E-state index contributed by atoms with van der Waals surface area (Å²) < 4.78 is 11.4. The van der Waals surface area contributed by atoms with Crippen LogP contribution < -0.4 is 20.3 Å². The van der Waals surface area contributed by atoms with Gasteiger partial charge >= 0.3 is 0 Å². The molecule has 0 atom stereocenters. The first-order chi connectivity index (χ1) is 13.1. The highest BCUT2D eigenvalue weighted by atomic mass is 16.5. The number of carbonyl (C=O) groups is 1. The van der Waals surface area contributed by atoms with Gasteiger partial charge in [0, 0.05) is 12.1 Å². The second kappa shape index (κ2) is 9.05. The summed E-state index contributed by atoms with van der Waals surface area (Å²) in [6.07, 6.45) is 0.0683. The molecule has 0 radical (unpaired) electrons. The zero-order valence-corrected chi connectivity index (χ0v) is 15.6. The molecule has 0 spiro atoms. The molecule has 3 aromatic rings. The summed E-state index contributed by atoms with van der Waals surface area (Å²) in [5.41, 5.74) is 6.67. The fourth-order valence-corrected chi connectivity index (χ4v) is 2.80. The van der Waals surface area contributed by atoms with E-state index in [-0.39, 0.29) is 18.6 Å². The maximum atomic E-state index is 12.0. The van der Waals surface area contributed by atoms with Crippen molar-refractivity contribution >= 4 is 16.7 Å². The van der Waals surface area contributed by atoms with Crippen molar-refractivity contribution in [3.8, 4) is 11.5 Å². The van der Waals surface area contributed by atoms with Crippen LogP contribution in [0, 0.1) is 0 Å². The van der Waals surface area contributed by atoms with Crippen LogP contribution in [-0.4, -0.2) is 18.6 Å². The Balaban J connectivity index is 1.62. The Kier molecular flexibility index (Phi) is 6.28. The predicted octanol–water partition coefficient (Wildman–Crippen LogP) is 3.83. The molecule has 3 rings (SSSR count). The lowest BCUT2D eigenvalue weighted by molar-refractivity contribution is -0.124. The highest BCUT2D eigenvalue weighted by molar-refractivity contribution is 5.87. The highest BCUT2D eigenvalue weighted by Gasteiger charge is 2.11. The molecule has 5 heteroatoms. The number of hydrogen-bond donors (Lipinski definition) is 2. The zero-order valence-electron chi connectivity index (χ0n) is 15.6. The van der Waals surface area contributed by atoms with Crippen molar-refractivity contribution in [2.24, 2.45) is 0 Å². The molecule has 0 saturated carbocycles. The molecule has 0 aromatic heterocycles. The second-order valence-electron chi connectivity index (χ2n) is 6.43. The van der Waals surface area contributed by atoms with Gasteiger partial charge in [0.15, 0.2) is 6.61 Å². The summed E-state index contributed by atoms with van der Waals surface area (Å²) in [7, 11) is 0. The van der Waals surface area contributed by atoms with Crippen molar-refractivity contribution < 1.29 is 14.3 Å². The summed E-state index contributed by atoms with van der Waals surface area (Å²) >= 11 is 0. The SMILES string of the molecule is CC(C)Oc1ccc2ccccc2c1CNNC(=O)COc1ccccc1. The maximum absolute atomic E-state index is 12.0.